The van der Waals surface area contributed by atoms with Crippen LogP contribution in [0.4, 0.5) is 0 Å². The second kappa shape index (κ2) is 9.03. The molecular weight excluding hydrogens is 316 g/mol. The van der Waals surface area contributed by atoms with Crippen molar-refractivity contribution in [3.8, 4) is 5.88 Å². The van der Waals surface area contributed by atoms with Gasteiger partial charge in [0.1, 0.15) is 6.10 Å². The lowest BCUT2D eigenvalue weighted by Crippen LogP contribution is -2.33. The van der Waals surface area contributed by atoms with Crippen LogP contribution in [-0.2, 0) is 17.7 Å². The Morgan fingerprint density at radius 1 is 1.28 bits per heavy atom. The third-order valence-electron chi connectivity index (χ3n) is 3.97. The van der Waals surface area contributed by atoms with Gasteiger partial charge in [0, 0.05) is 25.2 Å². The number of aromatic nitrogens is 1. The molecule has 132 valence electrons. The summed E-state index contributed by atoms with van der Waals surface area (Å²) in [4.78, 5) is 8.61. The minimum atomic E-state index is 0.0935. The fourth-order valence-corrected chi connectivity index (χ4v) is 2.60. The Morgan fingerprint density at radius 3 is 2.96 bits per heavy atom. The molecule has 0 spiro atoms. The minimum absolute atomic E-state index is 0.0935. The van der Waals surface area contributed by atoms with Crippen molar-refractivity contribution < 1.29 is 9.47 Å². The van der Waals surface area contributed by atoms with E-state index < -0.39 is 0 Å². The molecule has 2 aromatic rings. The molecule has 6 nitrogen and oxygen atoms in total. The third kappa shape index (κ3) is 5.76. The number of hydrogen-bond donors (Lipinski definition) is 2. The summed E-state index contributed by atoms with van der Waals surface area (Å²) < 4.78 is 11.1. The van der Waals surface area contributed by atoms with E-state index >= 15 is 0 Å². The number of nitrogens with two attached hydrogens (primary N) is 1. The van der Waals surface area contributed by atoms with Crippen LogP contribution < -0.4 is 15.8 Å². The van der Waals surface area contributed by atoms with Gasteiger partial charge in [0.2, 0.25) is 5.88 Å². The molecule has 1 aliphatic rings. The molecule has 3 N–H and O–H groups in total. The molecule has 0 amide bonds. The molecule has 1 aromatic carbocycles. The topological polar surface area (TPSA) is 81.8 Å². The lowest BCUT2D eigenvalue weighted by molar-refractivity contribution is 0.138. The zero-order valence-electron chi connectivity index (χ0n) is 14.2. The summed E-state index contributed by atoms with van der Waals surface area (Å²) in [6, 6.07) is 14.1. The van der Waals surface area contributed by atoms with Crippen molar-refractivity contribution in [1.82, 2.24) is 10.3 Å². The Kier molecular flexibility index (Phi) is 6.23. The van der Waals surface area contributed by atoms with Crippen molar-refractivity contribution in [3.63, 3.8) is 0 Å². The van der Waals surface area contributed by atoms with Gasteiger partial charge in [-0.3, -0.25) is 0 Å². The number of ether oxygens (including phenoxy) is 2. The van der Waals surface area contributed by atoms with Crippen LogP contribution in [0.5, 0.6) is 5.88 Å². The van der Waals surface area contributed by atoms with Crippen LogP contribution in [-0.4, -0.2) is 36.8 Å². The second-order valence-corrected chi connectivity index (χ2v) is 5.97. The lowest BCUT2D eigenvalue weighted by atomic mass is 10.1. The standard InChI is InChI=1S/C19H24N4O2/c20-19(22-10-6-15-4-2-1-3-5-15)23-13-16-7-9-21-18(12-16)25-17-8-11-24-14-17/h1-5,7,9,12,17H,6,8,10-11,13-14H2,(H3,20,22,23). The summed E-state index contributed by atoms with van der Waals surface area (Å²) >= 11 is 0. The average Bonchev–Trinajstić information content (AvgIpc) is 3.14. The van der Waals surface area contributed by atoms with E-state index in [9.17, 15) is 0 Å². The summed E-state index contributed by atoms with van der Waals surface area (Å²) in [6.45, 7) is 2.62. The van der Waals surface area contributed by atoms with Gasteiger partial charge in [-0.1, -0.05) is 30.3 Å². The maximum Gasteiger partial charge on any atom is 0.213 e. The van der Waals surface area contributed by atoms with Crippen molar-refractivity contribution in [2.24, 2.45) is 10.7 Å². The Morgan fingerprint density at radius 2 is 2.16 bits per heavy atom. The smallest absolute Gasteiger partial charge is 0.213 e. The molecule has 25 heavy (non-hydrogen) atoms. The van der Waals surface area contributed by atoms with Gasteiger partial charge in [-0.25, -0.2) is 9.98 Å². The summed E-state index contributed by atoms with van der Waals surface area (Å²) in [5, 5.41) is 3.14. The van der Waals surface area contributed by atoms with E-state index in [0.29, 0.717) is 25.0 Å². The van der Waals surface area contributed by atoms with Crippen LogP contribution >= 0.6 is 0 Å². The highest BCUT2D eigenvalue weighted by atomic mass is 16.5. The van der Waals surface area contributed by atoms with Crippen molar-refractivity contribution in [2.45, 2.75) is 25.5 Å². The molecule has 2 heterocycles. The highest BCUT2D eigenvalue weighted by molar-refractivity contribution is 5.77. The molecule has 1 unspecified atom stereocenters. The molecule has 1 aromatic heterocycles. The monoisotopic (exact) mass is 340 g/mol. The Bertz CT molecular complexity index is 685. The SMILES string of the molecule is NC(=NCc1ccnc(OC2CCOC2)c1)NCCc1ccccc1. The number of nitrogens with one attached hydrogen (secondary N) is 1. The lowest BCUT2D eigenvalue weighted by Gasteiger charge is -2.11. The van der Waals surface area contributed by atoms with E-state index in [1.807, 2.05) is 30.3 Å². The van der Waals surface area contributed by atoms with Gasteiger partial charge in [0.15, 0.2) is 5.96 Å². The molecule has 0 saturated carbocycles. The normalized spacial score (nSPS) is 17.4. The van der Waals surface area contributed by atoms with Gasteiger partial charge in [0.25, 0.3) is 0 Å². The number of aliphatic imine (C=N–C) groups is 1. The molecule has 0 bridgehead atoms. The zero-order chi connectivity index (χ0) is 17.3. The predicted octanol–water partition coefficient (Wildman–Crippen LogP) is 1.90. The molecule has 1 aliphatic heterocycles. The third-order valence-corrected chi connectivity index (χ3v) is 3.97. The molecule has 0 aliphatic carbocycles. The van der Waals surface area contributed by atoms with Crippen LogP contribution in [0.1, 0.15) is 17.5 Å². The van der Waals surface area contributed by atoms with Crippen LogP contribution in [0, 0.1) is 0 Å². The first-order valence-corrected chi connectivity index (χ1v) is 8.56. The number of nitrogens with zero attached hydrogens (tertiary/aromatic N) is 2. The van der Waals surface area contributed by atoms with Crippen molar-refractivity contribution >= 4 is 5.96 Å². The average molecular weight is 340 g/mol. The van der Waals surface area contributed by atoms with E-state index in [4.69, 9.17) is 15.2 Å². The molecule has 1 fully saturated rings. The Balaban J connectivity index is 1.45. The fourth-order valence-electron chi connectivity index (χ4n) is 2.60. The largest absolute Gasteiger partial charge is 0.472 e. The van der Waals surface area contributed by atoms with Crippen molar-refractivity contribution in [3.05, 3.63) is 59.8 Å². The van der Waals surface area contributed by atoms with E-state index in [0.717, 1.165) is 31.6 Å². The molecular formula is C19H24N4O2. The van der Waals surface area contributed by atoms with Crippen LogP contribution in [0.15, 0.2) is 53.7 Å². The summed E-state index contributed by atoms with van der Waals surface area (Å²) in [7, 11) is 0. The van der Waals surface area contributed by atoms with E-state index in [-0.39, 0.29) is 6.10 Å². The quantitative estimate of drug-likeness (QED) is 0.594. The van der Waals surface area contributed by atoms with Gasteiger partial charge >= 0.3 is 0 Å². The van der Waals surface area contributed by atoms with Gasteiger partial charge in [0.05, 0.1) is 19.8 Å². The molecule has 3 rings (SSSR count). The van der Waals surface area contributed by atoms with E-state index in [1.54, 1.807) is 6.20 Å². The minimum Gasteiger partial charge on any atom is -0.472 e. The number of pyridine rings is 1. The first-order valence-electron chi connectivity index (χ1n) is 8.56. The van der Waals surface area contributed by atoms with Crippen LogP contribution in [0.3, 0.4) is 0 Å². The van der Waals surface area contributed by atoms with Gasteiger partial charge in [-0.05, 0) is 23.6 Å². The Labute approximate surface area is 148 Å². The first kappa shape index (κ1) is 17.2. The highest BCUT2D eigenvalue weighted by Crippen LogP contribution is 2.16. The zero-order valence-corrected chi connectivity index (χ0v) is 14.2. The highest BCUT2D eigenvalue weighted by Gasteiger charge is 2.17. The second-order valence-electron chi connectivity index (χ2n) is 5.97. The molecule has 0 radical (unpaired) electrons. The summed E-state index contributed by atoms with van der Waals surface area (Å²) in [5.74, 6) is 1.05. The predicted molar refractivity (Wildman–Crippen MR) is 97.6 cm³/mol. The summed E-state index contributed by atoms with van der Waals surface area (Å²) in [6.07, 6.45) is 3.64. The van der Waals surface area contributed by atoms with Crippen molar-refractivity contribution in [1.29, 1.82) is 0 Å². The van der Waals surface area contributed by atoms with Gasteiger partial charge in [-0.15, -0.1) is 0 Å². The van der Waals surface area contributed by atoms with Crippen LogP contribution in [0.25, 0.3) is 0 Å². The number of guanidine groups is 1. The first-order chi connectivity index (χ1) is 12.3. The fraction of sp³-hybridized carbons (Fsp3) is 0.368. The maximum atomic E-state index is 5.93. The molecule has 6 heteroatoms. The number of rotatable bonds is 7. The maximum absolute atomic E-state index is 5.93. The number of hydrogen-bond acceptors (Lipinski definition) is 4. The Hall–Kier alpha value is -2.60. The van der Waals surface area contributed by atoms with E-state index in [2.05, 4.69) is 27.4 Å². The van der Waals surface area contributed by atoms with E-state index in [1.165, 1.54) is 5.56 Å². The van der Waals surface area contributed by atoms with Crippen molar-refractivity contribution in [2.75, 3.05) is 19.8 Å². The molecule has 1 saturated heterocycles. The van der Waals surface area contributed by atoms with Gasteiger partial charge < -0.3 is 20.5 Å². The van der Waals surface area contributed by atoms with Gasteiger partial charge in [-0.2, -0.15) is 0 Å². The molecule has 1 atom stereocenters. The van der Waals surface area contributed by atoms with Crippen LogP contribution in [0.2, 0.25) is 0 Å². The number of benzene rings is 1. The summed E-state index contributed by atoms with van der Waals surface area (Å²) in [5.41, 5.74) is 8.21.